The molecule has 8 heteroatoms. The Morgan fingerprint density at radius 1 is 0.897 bits per heavy atom. The third-order valence-corrected chi connectivity index (χ3v) is 5.46. The average Bonchev–Trinajstić information content (AvgIpc) is 2.69. The molecule has 2 aromatic carbocycles. The van der Waals surface area contributed by atoms with E-state index in [2.05, 4.69) is 0 Å². The van der Waals surface area contributed by atoms with Crippen LogP contribution in [0.15, 0.2) is 60.7 Å². The van der Waals surface area contributed by atoms with Gasteiger partial charge in [-0.1, -0.05) is 60.7 Å². The predicted octanol–water partition coefficient (Wildman–Crippen LogP) is 5.32. The molecule has 7 nitrogen and oxygen atoms in total. The van der Waals surface area contributed by atoms with Crippen LogP contribution >= 0.6 is 7.82 Å². The quantitative estimate of drug-likeness (QED) is 0.523. The smallest absolute Gasteiger partial charge is 0.465 e. The lowest BCUT2D eigenvalue weighted by Crippen LogP contribution is -2.46. The van der Waals surface area contributed by atoms with Gasteiger partial charge in [0, 0.05) is 12.1 Å². The minimum atomic E-state index is -3.91. The molecule has 0 aliphatic carbocycles. The first-order chi connectivity index (χ1) is 13.7. The maximum Gasteiger partial charge on any atom is 0.475 e. The van der Waals surface area contributed by atoms with Crippen LogP contribution in [0, 0.1) is 0 Å². The van der Waals surface area contributed by atoms with Crippen LogP contribution in [0.1, 0.15) is 31.9 Å². The zero-order valence-corrected chi connectivity index (χ0v) is 17.9. The van der Waals surface area contributed by atoms with Crippen molar-refractivity contribution in [2.75, 3.05) is 13.2 Å². The van der Waals surface area contributed by atoms with Gasteiger partial charge < -0.3 is 10.0 Å². The molecule has 0 radical (unpaired) electrons. The van der Waals surface area contributed by atoms with Gasteiger partial charge in [0.05, 0.1) is 19.8 Å². The molecule has 1 N–H and O–H groups in total. The van der Waals surface area contributed by atoms with Crippen LogP contribution in [0.3, 0.4) is 0 Å². The number of nitrogens with zero attached hydrogens (tertiary/aromatic N) is 1. The molecule has 1 amide bonds. The van der Waals surface area contributed by atoms with E-state index in [-0.39, 0.29) is 26.4 Å². The van der Waals surface area contributed by atoms with Gasteiger partial charge in [-0.25, -0.2) is 9.36 Å². The summed E-state index contributed by atoms with van der Waals surface area (Å²) in [6.07, 6.45) is -1.08. The van der Waals surface area contributed by atoms with Gasteiger partial charge in [0.2, 0.25) is 0 Å². The molecule has 0 heterocycles. The Labute approximate surface area is 171 Å². The zero-order chi connectivity index (χ0) is 21.3. The van der Waals surface area contributed by atoms with Crippen molar-refractivity contribution in [3.63, 3.8) is 0 Å². The van der Waals surface area contributed by atoms with Crippen LogP contribution in [0.5, 0.6) is 0 Å². The van der Waals surface area contributed by atoms with Crippen molar-refractivity contribution in [2.45, 2.75) is 39.5 Å². The molecule has 0 spiro atoms. The van der Waals surface area contributed by atoms with Crippen molar-refractivity contribution in [3.05, 3.63) is 71.8 Å². The van der Waals surface area contributed by atoms with Crippen molar-refractivity contribution in [1.82, 2.24) is 4.90 Å². The number of carboxylic acid groups (broad SMARTS) is 1. The van der Waals surface area contributed by atoms with Crippen molar-refractivity contribution in [3.8, 4) is 0 Å². The summed E-state index contributed by atoms with van der Waals surface area (Å²) >= 11 is 0. The van der Waals surface area contributed by atoms with Gasteiger partial charge in [0.25, 0.3) is 0 Å². The second kappa shape index (κ2) is 10.6. The lowest BCUT2D eigenvalue weighted by molar-refractivity contribution is 0.0668. The first-order valence-corrected chi connectivity index (χ1v) is 10.8. The summed E-state index contributed by atoms with van der Waals surface area (Å²) in [5.74, 6) is 0. The molecule has 29 heavy (non-hydrogen) atoms. The fourth-order valence-corrected chi connectivity index (χ4v) is 3.67. The highest BCUT2D eigenvalue weighted by Crippen LogP contribution is 2.50. The molecule has 0 fully saturated rings. The number of hydrogen-bond acceptors (Lipinski definition) is 5. The predicted molar refractivity (Wildman–Crippen MR) is 111 cm³/mol. The van der Waals surface area contributed by atoms with Crippen molar-refractivity contribution < 1.29 is 28.0 Å². The second-order valence-electron chi connectivity index (χ2n) is 7.40. The number of phosphoric acid groups is 1. The maximum atomic E-state index is 13.1. The van der Waals surface area contributed by atoms with E-state index < -0.39 is 19.5 Å². The van der Waals surface area contributed by atoms with Gasteiger partial charge in [-0.15, -0.1) is 0 Å². The summed E-state index contributed by atoms with van der Waals surface area (Å²) in [4.78, 5) is 12.7. The summed E-state index contributed by atoms with van der Waals surface area (Å²) in [7, 11) is -3.91. The monoisotopic (exact) mass is 421 g/mol. The van der Waals surface area contributed by atoms with Crippen LogP contribution in [-0.4, -0.2) is 34.8 Å². The summed E-state index contributed by atoms with van der Waals surface area (Å²) in [6, 6.07) is 18.5. The molecule has 0 aliphatic rings. The zero-order valence-electron chi connectivity index (χ0n) is 17.0. The first-order valence-electron chi connectivity index (χ1n) is 9.32. The summed E-state index contributed by atoms with van der Waals surface area (Å²) in [5.41, 5.74) is 1.03. The van der Waals surface area contributed by atoms with E-state index in [1.807, 2.05) is 60.7 Å². The Morgan fingerprint density at radius 2 is 1.34 bits per heavy atom. The fraction of sp³-hybridized carbons (Fsp3) is 0.381. The Balaban J connectivity index is 2.02. The molecular formula is C21H28NO6P. The molecule has 0 atom stereocenters. The molecule has 158 valence electrons. The summed E-state index contributed by atoms with van der Waals surface area (Å²) < 4.78 is 29.6. The van der Waals surface area contributed by atoms with Gasteiger partial charge in [-0.3, -0.25) is 13.6 Å². The van der Waals surface area contributed by atoms with Gasteiger partial charge in [-0.05, 0) is 31.9 Å². The van der Waals surface area contributed by atoms with E-state index in [4.69, 9.17) is 13.6 Å². The third-order valence-electron chi connectivity index (χ3n) is 4.07. The van der Waals surface area contributed by atoms with E-state index in [9.17, 15) is 14.5 Å². The molecule has 0 unspecified atom stereocenters. The Bertz CT molecular complexity index is 759. The van der Waals surface area contributed by atoms with E-state index in [1.54, 1.807) is 20.8 Å². The van der Waals surface area contributed by atoms with Crippen molar-refractivity contribution >= 4 is 13.9 Å². The number of phosphoric ester groups is 1. The molecule has 0 aliphatic heterocycles. The van der Waals surface area contributed by atoms with Crippen LogP contribution in [0.25, 0.3) is 0 Å². The van der Waals surface area contributed by atoms with Crippen LogP contribution in [0.4, 0.5) is 4.79 Å². The van der Waals surface area contributed by atoms with Crippen molar-refractivity contribution in [1.29, 1.82) is 0 Å². The number of carbonyl (C=O) groups is 1. The van der Waals surface area contributed by atoms with Crippen LogP contribution in [0.2, 0.25) is 0 Å². The lowest BCUT2D eigenvalue weighted by Gasteiger charge is -2.33. The molecule has 2 rings (SSSR count). The SMILES string of the molecule is CC(C)(C)N(CCOP(=O)(OCc1ccccc1)OCc1ccccc1)C(=O)O. The molecular weight excluding hydrogens is 393 g/mol. The largest absolute Gasteiger partial charge is 0.475 e. The summed E-state index contributed by atoms with van der Waals surface area (Å²) in [5, 5.41) is 9.38. The topological polar surface area (TPSA) is 85.3 Å². The molecule has 0 bridgehead atoms. The highest BCUT2D eigenvalue weighted by atomic mass is 31.2. The normalized spacial score (nSPS) is 12.0. The van der Waals surface area contributed by atoms with Gasteiger partial charge >= 0.3 is 13.9 Å². The second-order valence-corrected chi connectivity index (χ2v) is 9.07. The molecule has 2 aromatic rings. The minimum Gasteiger partial charge on any atom is -0.465 e. The van der Waals surface area contributed by atoms with E-state index in [0.717, 1.165) is 11.1 Å². The standard InChI is InChI=1S/C21H28NO6P/c1-21(2,3)22(20(23)24)14-15-26-29(25,27-16-18-10-6-4-7-11-18)28-17-19-12-8-5-9-13-19/h4-13H,14-17H2,1-3H3,(H,23,24). The van der Waals surface area contributed by atoms with Crippen LogP contribution < -0.4 is 0 Å². The lowest BCUT2D eigenvalue weighted by atomic mass is 10.1. The molecule has 0 saturated heterocycles. The Kier molecular flexibility index (Phi) is 8.41. The fourth-order valence-electron chi connectivity index (χ4n) is 2.53. The van der Waals surface area contributed by atoms with Crippen LogP contribution in [-0.2, 0) is 31.4 Å². The highest BCUT2D eigenvalue weighted by Gasteiger charge is 2.30. The van der Waals surface area contributed by atoms with E-state index in [1.165, 1.54) is 4.90 Å². The third kappa shape index (κ3) is 7.99. The van der Waals surface area contributed by atoms with E-state index >= 15 is 0 Å². The molecule has 0 saturated carbocycles. The highest BCUT2D eigenvalue weighted by molar-refractivity contribution is 7.48. The summed E-state index contributed by atoms with van der Waals surface area (Å²) in [6.45, 7) is 5.34. The number of hydrogen-bond donors (Lipinski definition) is 1. The maximum absolute atomic E-state index is 13.1. The Hall–Kier alpha value is -2.18. The average molecular weight is 421 g/mol. The van der Waals surface area contributed by atoms with Gasteiger partial charge in [0.1, 0.15) is 0 Å². The number of benzene rings is 2. The minimum absolute atomic E-state index is 0.0339. The van der Waals surface area contributed by atoms with E-state index in [0.29, 0.717) is 0 Å². The van der Waals surface area contributed by atoms with Gasteiger partial charge in [0.15, 0.2) is 0 Å². The molecule has 0 aromatic heterocycles. The number of rotatable bonds is 10. The Morgan fingerprint density at radius 3 is 1.72 bits per heavy atom. The van der Waals surface area contributed by atoms with Crippen molar-refractivity contribution in [2.24, 2.45) is 0 Å². The first kappa shape index (κ1) is 23.1. The van der Waals surface area contributed by atoms with Gasteiger partial charge in [-0.2, -0.15) is 0 Å². The number of amides is 1.